The van der Waals surface area contributed by atoms with Crippen LogP contribution in [-0.4, -0.2) is 38.3 Å². The van der Waals surface area contributed by atoms with E-state index in [1.165, 1.54) is 0 Å². The molecule has 2 heterocycles. The summed E-state index contributed by atoms with van der Waals surface area (Å²) in [7, 11) is 0. The molecule has 0 radical (unpaired) electrons. The molecule has 2 N–H and O–H groups in total. The van der Waals surface area contributed by atoms with Crippen LogP contribution in [0.25, 0.3) is 0 Å². The van der Waals surface area contributed by atoms with Gasteiger partial charge in [-0.2, -0.15) is 0 Å². The molecular formula is C13H19IN2O2S. The lowest BCUT2D eigenvalue weighted by atomic mass is 10.1. The summed E-state index contributed by atoms with van der Waals surface area (Å²) in [5.74, 6) is 0.0148. The smallest absolute Gasteiger partial charge is 0.252 e. The number of piperidine rings is 1. The summed E-state index contributed by atoms with van der Waals surface area (Å²) in [6.45, 7) is 3.51. The molecule has 0 aliphatic carbocycles. The van der Waals surface area contributed by atoms with E-state index >= 15 is 0 Å². The zero-order chi connectivity index (χ0) is 13.5. The summed E-state index contributed by atoms with van der Waals surface area (Å²) in [6, 6.07) is 1.91. The van der Waals surface area contributed by atoms with Gasteiger partial charge < -0.3 is 15.4 Å². The molecule has 1 fully saturated rings. The van der Waals surface area contributed by atoms with Crippen LogP contribution in [0.4, 0.5) is 0 Å². The second kappa shape index (κ2) is 8.18. The first-order valence-electron chi connectivity index (χ1n) is 6.60. The topological polar surface area (TPSA) is 50.4 Å². The Morgan fingerprint density at radius 1 is 1.53 bits per heavy atom. The van der Waals surface area contributed by atoms with E-state index in [2.05, 4.69) is 33.2 Å². The molecule has 19 heavy (non-hydrogen) atoms. The number of thiophene rings is 1. The van der Waals surface area contributed by atoms with Crippen LogP contribution in [0.5, 0.6) is 0 Å². The van der Waals surface area contributed by atoms with Crippen molar-refractivity contribution in [3.63, 3.8) is 0 Å². The molecule has 0 aromatic carbocycles. The highest BCUT2D eigenvalue weighted by Gasteiger charge is 2.12. The number of amides is 1. The number of hydrogen-bond acceptors (Lipinski definition) is 4. The lowest BCUT2D eigenvalue weighted by molar-refractivity contribution is 0.0318. The minimum atomic E-state index is 0.0148. The molecule has 1 aliphatic heterocycles. The first-order chi connectivity index (χ1) is 9.25. The largest absolute Gasteiger partial charge is 0.378 e. The molecule has 1 saturated heterocycles. The quantitative estimate of drug-likeness (QED) is 0.575. The monoisotopic (exact) mass is 394 g/mol. The fourth-order valence-electron chi connectivity index (χ4n) is 2.02. The fraction of sp³-hybridized carbons (Fsp3) is 0.615. The number of carbonyl (C=O) groups is 1. The predicted octanol–water partition coefficient (Wildman–Crippen LogP) is 2.24. The molecule has 0 unspecified atom stereocenters. The minimum absolute atomic E-state index is 0.0148. The van der Waals surface area contributed by atoms with E-state index in [4.69, 9.17) is 4.74 Å². The summed E-state index contributed by atoms with van der Waals surface area (Å²) in [5.41, 5.74) is 0.758. The molecule has 0 spiro atoms. The van der Waals surface area contributed by atoms with E-state index in [9.17, 15) is 4.79 Å². The number of hydrogen-bond donors (Lipinski definition) is 2. The minimum Gasteiger partial charge on any atom is -0.378 e. The third kappa shape index (κ3) is 5.37. The number of rotatable bonds is 6. The first kappa shape index (κ1) is 15.2. The van der Waals surface area contributed by atoms with Crippen molar-refractivity contribution in [3.05, 3.63) is 19.9 Å². The van der Waals surface area contributed by atoms with E-state index < -0.39 is 0 Å². The zero-order valence-electron chi connectivity index (χ0n) is 10.8. The van der Waals surface area contributed by atoms with Crippen LogP contribution in [0.15, 0.2) is 11.4 Å². The van der Waals surface area contributed by atoms with Crippen molar-refractivity contribution in [2.45, 2.75) is 25.4 Å². The van der Waals surface area contributed by atoms with Crippen LogP contribution in [0.2, 0.25) is 0 Å². The van der Waals surface area contributed by atoms with Gasteiger partial charge in [-0.05, 0) is 61.0 Å². The molecular weight excluding hydrogens is 375 g/mol. The number of ether oxygens (including phenoxy) is 1. The molecule has 2 rings (SSSR count). The average Bonchev–Trinajstić information content (AvgIpc) is 2.86. The van der Waals surface area contributed by atoms with Gasteiger partial charge in [0.25, 0.3) is 5.91 Å². The first-order valence-corrected chi connectivity index (χ1v) is 8.56. The van der Waals surface area contributed by atoms with Crippen molar-refractivity contribution < 1.29 is 9.53 Å². The second-order valence-corrected chi connectivity index (χ2v) is 7.37. The van der Waals surface area contributed by atoms with E-state index in [-0.39, 0.29) is 5.91 Å². The van der Waals surface area contributed by atoms with Crippen molar-refractivity contribution in [2.75, 3.05) is 26.2 Å². The maximum atomic E-state index is 11.8. The van der Waals surface area contributed by atoms with Gasteiger partial charge in [0.1, 0.15) is 0 Å². The van der Waals surface area contributed by atoms with Gasteiger partial charge in [-0.25, -0.2) is 0 Å². The Bertz CT molecular complexity index is 405. The highest BCUT2D eigenvalue weighted by Crippen LogP contribution is 2.16. The van der Waals surface area contributed by atoms with Gasteiger partial charge in [0.05, 0.1) is 14.6 Å². The van der Waals surface area contributed by atoms with Gasteiger partial charge in [0.2, 0.25) is 0 Å². The summed E-state index contributed by atoms with van der Waals surface area (Å²) in [6.07, 6.45) is 3.46. The Morgan fingerprint density at radius 3 is 3.00 bits per heavy atom. The number of halogens is 1. The molecule has 106 valence electrons. The van der Waals surface area contributed by atoms with Crippen LogP contribution in [0, 0.1) is 2.88 Å². The highest BCUT2D eigenvalue weighted by molar-refractivity contribution is 14.1. The SMILES string of the molecule is O=C(NCCCOC1CCNCC1)c1csc(I)c1. The van der Waals surface area contributed by atoms with Gasteiger partial charge in [-0.3, -0.25) is 4.79 Å². The Morgan fingerprint density at radius 2 is 2.32 bits per heavy atom. The van der Waals surface area contributed by atoms with Gasteiger partial charge in [-0.1, -0.05) is 0 Å². The molecule has 1 aromatic heterocycles. The van der Waals surface area contributed by atoms with Gasteiger partial charge in [-0.15, -0.1) is 11.3 Å². The highest BCUT2D eigenvalue weighted by atomic mass is 127. The van der Waals surface area contributed by atoms with Crippen LogP contribution in [0.3, 0.4) is 0 Å². The van der Waals surface area contributed by atoms with Crippen LogP contribution in [-0.2, 0) is 4.74 Å². The van der Waals surface area contributed by atoms with Crippen molar-refractivity contribution in [1.29, 1.82) is 0 Å². The van der Waals surface area contributed by atoms with E-state index in [1.807, 2.05) is 11.4 Å². The third-order valence-electron chi connectivity index (χ3n) is 3.08. The molecule has 4 nitrogen and oxygen atoms in total. The second-order valence-electron chi connectivity index (χ2n) is 4.57. The van der Waals surface area contributed by atoms with Crippen molar-refractivity contribution >= 4 is 39.8 Å². The van der Waals surface area contributed by atoms with E-state index in [1.54, 1.807) is 11.3 Å². The van der Waals surface area contributed by atoms with Crippen molar-refractivity contribution in [2.24, 2.45) is 0 Å². The summed E-state index contributed by atoms with van der Waals surface area (Å²) in [5, 5.41) is 8.13. The third-order valence-corrected chi connectivity index (χ3v) is 4.87. The lowest BCUT2D eigenvalue weighted by Crippen LogP contribution is -2.33. The van der Waals surface area contributed by atoms with Crippen LogP contribution >= 0.6 is 33.9 Å². The predicted molar refractivity (Wildman–Crippen MR) is 85.8 cm³/mol. The normalized spacial score (nSPS) is 16.5. The molecule has 1 aromatic rings. The van der Waals surface area contributed by atoms with Gasteiger partial charge in [0.15, 0.2) is 0 Å². The molecule has 6 heteroatoms. The molecule has 0 bridgehead atoms. The molecule has 1 aliphatic rings. The fourth-order valence-corrected chi connectivity index (χ4v) is 3.34. The van der Waals surface area contributed by atoms with Gasteiger partial charge >= 0.3 is 0 Å². The van der Waals surface area contributed by atoms with Crippen LogP contribution in [0.1, 0.15) is 29.6 Å². The molecule has 1 amide bonds. The molecule has 0 saturated carbocycles. The summed E-state index contributed by atoms with van der Waals surface area (Å²) >= 11 is 3.81. The lowest BCUT2D eigenvalue weighted by Gasteiger charge is -2.22. The van der Waals surface area contributed by atoms with Gasteiger partial charge in [0, 0.05) is 18.5 Å². The number of nitrogens with one attached hydrogen (secondary N) is 2. The Kier molecular flexibility index (Phi) is 6.55. The number of carbonyl (C=O) groups excluding carboxylic acids is 1. The zero-order valence-corrected chi connectivity index (χ0v) is 13.8. The van der Waals surface area contributed by atoms with Crippen LogP contribution < -0.4 is 10.6 Å². The Hall–Kier alpha value is -0.180. The Balaban J connectivity index is 1.55. The summed E-state index contributed by atoms with van der Waals surface area (Å²) < 4.78 is 6.92. The Labute approximate surface area is 131 Å². The van der Waals surface area contributed by atoms with E-state index in [0.29, 0.717) is 12.6 Å². The maximum absolute atomic E-state index is 11.8. The molecule has 0 atom stereocenters. The van der Waals surface area contributed by atoms with E-state index in [0.717, 1.165) is 47.4 Å². The standard InChI is InChI=1S/C13H19IN2O2S/c14-12-8-10(9-19-12)13(17)16-4-1-7-18-11-2-5-15-6-3-11/h8-9,11,15H,1-7H2,(H,16,17). The maximum Gasteiger partial charge on any atom is 0.252 e. The average molecular weight is 394 g/mol. The van der Waals surface area contributed by atoms with Crippen molar-refractivity contribution in [3.8, 4) is 0 Å². The van der Waals surface area contributed by atoms with Crippen molar-refractivity contribution in [1.82, 2.24) is 10.6 Å². The summed E-state index contributed by atoms with van der Waals surface area (Å²) in [4.78, 5) is 11.8.